The number of aromatic nitrogens is 4. The summed E-state index contributed by atoms with van der Waals surface area (Å²) in [5, 5.41) is 16.4. The van der Waals surface area contributed by atoms with Crippen molar-refractivity contribution in [3.63, 3.8) is 0 Å². The number of guanidine groups is 1. The van der Waals surface area contributed by atoms with Gasteiger partial charge in [-0.15, -0.1) is 34.2 Å². The van der Waals surface area contributed by atoms with Gasteiger partial charge in [0, 0.05) is 43.2 Å². The quantitative estimate of drug-likeness (QED) is 0.152. The van der Waals surface area contributed by atoms with Crippen molar-refractivity contribution in [1.82, 2.24) is 30.4 Å². The van der Waals surface area contributed by atoms with Crippen LogP contribution in [0.4, 0.5) is 0 Å². The Labute approximate surface area is 217 Å². The van der Waals surface area contributed by atoms with Crippen molar-refractivity contribution in [2.75, 3.05) is 20.2 Å². The summed E-state index contributed by atoms with van der Waals surface area (Å²) in [6.07, 6.45) is 5.63. The first-order valence-corrected chi connectivity index (χ1v) is 11.3. The van der Waals surface area contributed by atoms with Gasteiger partial charge < -0.3 is 24.9 Å². The highest BCUT2D eigenvalue weighted by molar-refractivity contribution is 14.0. The highest BCUT2D eigenvalue weighted by Gasteiger charge is 2.06. The molecule has 2 heterocycles. The number of hydrogen-bond acceptors (Lipinski definition) is 4. The van der Waals surface area contributed by atoms with Crippen LogP contribution in [0.15, 0.2) is 66.0 Å². The highest BCUT2D eigenvalue weighted by Crippen LogP contribution is 2.17. The average molecular weight is 573 g/mol. The number of methoxy groups -OCH3 is 1. The summed E-state index contributed by atoms with van der Waals surface area (Å²) in [6, 6.07) is 16.4. The summed E-state index contributed by atoms with van der Waals surface area (Å²) in [5.74, 6) is 2.62. The molecule has 4 aromatic rings. The van der Waals surface area contributed by atoms with E-state index in [2.05, 4.69) is 67.8 Å². The summed E-state index contributed by atoms with van der Waals surface area (Å²) in [4.78, 5) is 8.14. The Morgan fingerprint density at radius 1 is 1.09 bits per heavy atom. The predicted octanol–water partition coefficient (Wildman–Crippen LogP) is 3.93. The number of H-pyrrole nitrogens is 1. The minimum absolute atomic E-state index is 0. The maximum atomic E-state index is 5.25. The lowest BCUT2D eigenvalue weighted by Crippen LogP contribution is -2.40. The molecule has 2 aromatic carbocycles. The third-order valence-electron chi connectivity index (χ3n) is 5.60. The van der Waals surface area contributed by atoms with Gasteiger partial charge in [-0.2, -0.15) is 0 Å². The number of aryl methyl sites for hydroxylation is 1. The van der Waals surface area contributed by atoms with E-state index in [1.807, 2.05) is 24.3 Å². The summed E-state index contributed by atoms with van der Waals surface area (Å²) in [5.41, 5.74) is 3.59. The van der Waals surface area contributed by atoms with E-state index >= 15 is 0 Å². The molecule has 34 heavy (non-hydrogen) atoms. The molecule has 9 heteroatoms. The maximum Gasteiger partial charge on any atom is 0.191 e. The lowest BCUT2D eigenvalue weighted by atomic mass is 10.1. The van der Waals surface area contributed by atoms with Crippen molar-refractivity contribution in [2.45, 2.75) is 32.9 Å². The molecule has 0 radical (unpaired) electrons. The molecule has 8 nitrogen and oxygen atoms in total. The van der Waals surface area contributed by atoms with Crippen molar-refractivity contribution >= 4 is 40.8 Å². The van der Waals surface area contributed by atoms with Crippen LogP contribution in [-0.2, 0) is 25.9 Å². The number of halogens is 1. The van der Waals surface area contributed by atoms with Crippen molar-refractivity contribution < 1.29 is 4.74 Å². The molecule has 3 N–H and O–H groups in total. The lowest BCUT2D eigenvalue weighted by Gasteiger charge is -2.13. The average Bonchev–Trinajstić information content (AvgIpc) is 3.49. The van der Waals surface area contributed by atoms with E-state index in [4.69, 9.17) is 9.73 Å². The van der Waals surface area contributed by atoms with E-state index in [-0.39, 0.29) is 24.0 Å². The van der Waals surface area contributed by atoms with Gasteiger partial charge in [0.2, 0.25) is 0 Å². The topological polar surface area (TPSA) is 92.2 Å². The van der Waals surface area contributed by atoms with Gasteiger partial charge >= 0.3 is 0 Å². The summed E-state index contributed by atoms with van der Waals surface area (Å²) in [7, 11) is 1.67. The maximum absolute atomic E-state index is 5.25. The van der Waals surface area contributed by atoms with Gasteiger partial charge in [-0.3, -0.25) is 0 Å². The molecule has 0 aliphatic carbocycles. The third-order valence-corrected chi connectivity index (χ3v) is 5.60. The molecule has 0 unspecified atom stereocenters. The third kappa shape index (κ3) is 6.72. The first-order valence-electron chi connectivity index (χ1n) is 11.3. The smallest absolute Gasteiger partial charge is 0.191 e. The molecule has 2 aromatic heterocycles. The van der Waals surface area contributed by atoms with E-state index in [9.17, 15) is 0 Å². The van der Waals surface area contributed by atoms with Crippen LogP contribution in [-0.4, -0.2) is 45.9 Å². The van der Waals surface area contributed by atoms with E-state index in [0.717, 1.165) is 55.6 Å². The largest absolute Gasteiger partial charge is 0.497 e. The molecule has 180 valence electrons. The molecule has 0 spiro atoms. The fraction of sp³-hybridized carbons (Fsp3) is 0.320. The number of hydrogen-bond donors (Lipinski definition) is 3. The van der Waals surface area contributed by atoms with Crippen LogP contribution in [0.2, 0.25) is 0 Å². The SMILES string of the molecule is CCc1nncn1CCNC(=NCc1ccc(OC)cc1)NCCc1c[nH]c2ccccc12.I. The molecule has 0 atom stereocenters. The molecule has 0 saturated carbocycles. The van der Waals surface area contributed by atoms with E-state index < -0.39 is 0 Å². The van der Waals surface area contributed by atoms with Crippen LogP contribution in [0.3, 0.4) is 0 Å². The number of ether oxygens (including phenoxy) is 1. The van der Waals surface area contributed by atoms with Gasteiger partial charge in [0.25, 0.3) is 0 Å². The van der Waals surface area contributed by atoms with Crippen molar-refractivity contribution in [3.8, 4) is 5.75 Å². The lowest BCUT2D eigenvalue weighted by molar-refractivity contribution is 0.414. The Morgan fingerprint density at radius 3 is 2.68 bits per heavy atom. The number of rotatable bonds is 10. The standard InChI is InChI=1S/C25H31N7O.HI/c1-3-24-31-30-18-32(24)15-14-27-25(29-16-19-8-10-21(33-2)11-9-19)26-13-12-20-17-28-23-7-5-4-6-22(20)23;/h4-11,17-18,28H,3,12-16H2,1-2H3,(H2,26,27,29);1H. The Kier molecular flexibility index (Phi) is 9.75. The van der Waals surface area contributed by atoms with Crippen LogP contribution in [0.5, 0.6) is 5.75 Å². The zero-order valence-corrected chi connectivity index (χ0v) is 22.0. The fourth-order valence-corrected chi connectivity index (χ4v) is 3.76. The summed E-state index contributed by atoms with van der Waals surface area (Å²) >= 11 is 0. The second-order valence-electron chi connectivity index (χ2n) is 7.77. The van der Waals surface area contributed by atoms with Crippen LogP contribution >= 0.6 is 24.0 Å². The number of benzene rings is 2. The number of nitrogens with one attached hydrogen (secondary N) is 3. The number of aromatic amines is 1. The number of fused-ring (bicyclic) bond motifs is 1. The van der Waals surface area contributed by atoms with Gasteiger partial charge in [-0.1, -0.05) is 37.3 Å². The van der Waals surface area contributed by atoms with Crippen LogP contribution < -0.4 is 15.4 Å². The molecule has 0 aliphatic heterocycles. The second-order valence-corrected chi connectivity index (χ2v) is 7.77. The van der Waals surface area contributed by atoms with E-state index in [0.29, 0.717) is 6.54 Å². The molecule has 0 amide bonds. The molecule has 0 bridgehead atoms. The van der Waals surface area contributed by atoms with Crippen LogP contribution in [0, 0.1) is 0 Å². The molecule has 4 rings (SSSR count). The normalized spacial score (nSPS) is 11.3. The van der Waals surface area contributed by atoms with Crippen LogP contribution in [0.25, 0.3) is 10.9 Å². The minimum Gasteiger partial charge on any atom is -0.497 e. The van der Waals surface area contributed by atoms with Gasteiger partial charge in [-0.25, -0.2) is 4.99 Å². The van der Waals surface area contributed by atoms with E-state index in [1.54, 1.807) is 13.4 Å². The van der Waals surface area contributed by atoms with Gasteiger partial charge in [0.05, 0.1) is 13.7 Å². The first-order chi connectivity index (χ1) is 16.3. The Morgan fingerprint density at radius 2 is 1.88 bits per heavy atom. The number of para-hydroxylation sites is 1. The van der Waals surface area contributed by atoms with Gasteiger partial charge in [0.15, 0.2) is 5.96 Å². The molecule has 0 aliphatic rings. The van der Waals surface area contributed by atoms with Crippen LogP contribution in [0.1, 0.15) is 23.9 Å². The number of aliphatic imine (C=N–C) groups is 1. The van der Waals surface area contributed by atoms with Crippen molar-refractivity contribution in [3.05, 3.63) is 78.0 Å². The monoisotopic (exact) mass is 573 g/mol. The first kappa shape index (κ1) is 25.5. The molecular weight excluding hydrogens is 541 g/mol. The zero-order chi connectivity index (χ0) is 22.9. The van der Waals surface area contributed by atoms with E-state index in [1.165, 1.54) is 16.5 Å². The molecule has 0 saturated heterocycles. The molecular formula is C25H32IN7O. The Bertz CT molecular complexity index is 1180. The van der Waals surface area contributed by atoms with Crippen molar-refractivity contribution in [1.29, 1.82) is 0 Å². The minimum atomic E-state index is 0. The van der Waals surface area contributed by atoms with Gasteiger partial charge in [-0.05, 0) is 35.7 Å². The number of nitrogens with zero attached hydrogens (tertiary/aromatic N) is 4. The predicted molar refractivity (Wildman–Crippen MR) is 147 cm³/mol. The Balaban J connectivity index is 0.00000324. The summed E-state index contributed by atoms with van der Waals surface area (Å²) < 4.78 is 7.32. The highest BCUT2D eigenvalue weighted by atomic mass is 127. The zero-order valence-electron chi connectivity index (χ0n) is 19.6. The van der Waals surface area contributed by atoms with Crippen molar-refractivity contribution in [2.24, 2.45) is 4.99 Å². The Hall–Kier alpha value is -3.08. The van der Waals surface area contributed by atoms with Gasteiger partial charge in [0.1, 0.15) is 17.9 Å². The second kappa shape index (κ2) is 13.0. The fourth-order valence-electron chi connectivity index (χ4n) is 3.76. The molecule has 0 fully saturated rings. The summed E-state index contributed by atoms with van der Waals surface area (Å²) in [6.45, 7) is 4.96.